The van der Waals surface area contributed by atoms with Gasteiger partial charge in [0.1, 0.15) is 12.6 Å². The summed E-state index contributed by atoms with van der Waals surface area (Å²) in [4.78, 5) is 31.0. The second-order valence-electron chi connectivity index (χ2n) is 7.62. The van der Waals surface area contributed by atoms with Gasteiger partial charge in [-0.1, -0.05) is 18.2 Å². The van der Waals surface area contributed by atoms with Gasteiger partial charge >= 0.3 is 0 Å². The minimum atomic E-state index is -0.535. The molecule has 8 nitrogen and oxygen atoms in total. The molecule has 8 heteroatoms. The minimum Gasteiger partial charge on any atom is -0.454 e. The molecular formula is C22H18N4O4. The van der Waals surface area contributed by atoms with Crippen molar-refractivity contribution in [1.82, 2.24) is 14.9 Å². The summed E-state index contributed by atoms with van der Waals surface area (Å²) >= 11 is 0. The van der Waals surface area contributed by atoms with Crippen LogP contribution in [-0.2, 0) is 22.6 Å². The number of hydrazone groups is 1. The number of nitrogens with zero attached hydrogens (tertiary/aromatic N) is 3. The van der Waals surface area contributed by atoms with E-state index in [0.29, 0.717) is 24.5 Å². The number of carbonyl (C=O) groups excluding carboxylic acids is 2. The predicted octanol–water partition coefficient (Wildman–Crippen LogP) is 2.03. The fourth-order valence-electron chi connectivity index (χ4n) is 4.39. The zero-order chi connectivity index (χ0) is 20.2. The molecule has 1 N–H and O–H groups in total. The van der Waals surface area contributed by atoms with Crippen molar-refractivity contribution in [3.05, 3.63) is 59.3 Å². The van der Waals surface area contributed by atoms with Crippen molar-refractivity contribution in [1.29, 1.82) is 0 Å². The first kappa shape index (κ1) is 17.1. The Morgan fingerprint density at radius 1 is 1.07 bits per heavy atom. The van der Waals surface area contributed by atoms with Crippen molar-refractivity contribution < 1.29 is 19.1 Å². The number of piperazine rings is 1. The summed E-state index contributed by atoms with van der Waals surface area (Å²) in [5.41, 5.74) is 3.91. The standard InChI is InChI=1S/C22H18N4O4/c27-21-11-26(23-9-13-5-6-19-20(7-13)30-12-29-19)22(28)18-8-15-14-3-1-2-4-16(14)24-17(15)10-25(18)21/h1-7,9,18,24H,8,10-12H2/t18-/m1/s1. The van der Waals surface area contributed by atoms with Crippen molar-refractivity contribution in [2.45, 2.75) is 19.0 Å². The van der Waals surface area contributed by atoms with E-state index in [2.05, 4.69) is 10.1 Å². The zero-order valence-corrected chi connectivity index (χ0v) is 16.0. The Morgan fingerprint density at radius 2 is 1.93 bits per heavy atom. The average Bonchev–Trinajstić information content (AvgIpc) is 3.37. The monoisotopic (exact) mass is 402 g/mol. The van der Waals surface area contributed by atoms with Gasteiger partial charge in [-0.25, -0.2) is 5.01 Å². The molecule has 0 unspecified atom stereocenters. The first-order chi connectivity index (χ1) is 14.7. The molecule has 0 aliphatic carbocycles. The number of carbonyl (C=O) groups is 2. The van der Waals surface area contributed by atoms with E-state index in [9.17, 15) is 9.59 Å². The van der Waals surface area contributed by atoms with Crippen LogP contribution >= 0.6 is 0 Å². The van der Waals surface area contributed by atoms with Crippen LogP contribution in [0.2, 0.25) is 0 Å². The number of para-hydroxylation sites is 1. The molecule has 3 aliphatic rings. The number of H-pyrrole nitrogens is 1. The van der Waals surface area contributed by atoms with Crippen molar-refractivity contribution in [2.24, 2.45) is 5.10 Å². The fourth-order valence-corrected chi connectivity index (χ4v) is 4.39. The molecule has 30 heavy (non-hydrogen) atoms. The molecule has 0 spiro atoms. The van der Waals surface area contributed by atoms with Crippen LogP contribution in [0.25, 0.3) is 10.9 Å². The summed E-state index contributed by atoms with van der Waals surface area (Å²) in [6, 6.07) is 12.9. The maximum atomic E-state index is 13.1. The maximum absolute atomic E-state index is 13.1. The van der Waals surface area contributed by atoms with Gasteiger partial charge in [0.2, 0.25) is 12.7 Å². The number of aromatic amines is 1. The van der Waals surface area contributed by atoms with E-state index < -0.39 is 6.04 Å². The Balaban J connectivity index is 1.28. The summed E-state index contributed by atoms with van der Waals surface area (Å²) in [5.74, 6) is 1.06. The van der Waals surface area contributed by atoms with Gasteiger partial charge in [-0.3, -0.25) is 9.59 Å². The van der Waals surface area contributed by atoms with E-state index in [1.807, 2.05) is 30.3 Å². The molecule has 0 saturated carbocycles. The van der Waals surface area contributed by atoms with Crippen molar-refractivity contribution in [3.8, 4) is 11.5 Å². The van der Waals surface area contributed by atoms with E-state index in [1.54, 1.807) is 23.2 Å². The first-order valence-electron chi connectivity index (χ1n) is 9.80. The Hall–Kier alpha value is -3.81. The maximum Gasteiger partial charge on any atom is 0.266 e. The van der Waals surface area contributed by atoms with Crippen LogP contribution in [0, 0.1) is 0 Å². The highest BCUT2D eigenvalue weighted by molar-refractivity contribution is 5.97. The number of nitrogens with one attached hydrogen (secondary N) is 1. The van der Waals surface area contributed by atoms with Crippen LogP contribution in [0.3, 0.4) is 0 Å². The van der Waals surface area contributed by atoms with E-state index >= 15 is 0 Å². The third kappa shape index (κ3) is 2.57. The SMILES string of the molecule is O=C1[C@H]2Cc3c([nH]c4ccccc34)CN2C(=O)CN1N=Cc1ccc2c(c1)OCO2. The molecule has 1 saturated heterocycles. The molecule has 2 aromatic carbocycles. The Labute approximate surface area is 171 Å². The number of benzene rings is 2. The lowest BCUT2D eigenvalue weighted by atomic mass is 9.94. The van der Waals surface area contributed by atoms with Crippen LogP contribution in [0.5, 0.6) is 11.5 Å². The van der Waals surface area contributed by atoms with Gasteiger partial charge < -0.3 is 19.4 Å². The number of fused-ring (bicyclic) bond motifs is 5. The number of aromatic nitrogens is 1. The van der Waals surface area contributed by atoms with Crippen LogP contribution in [0.1, 0.15) is 16.8 Å². The lowest BCUT2D eigenvalue weighted by Crippen LogP contribution is -2.60. The molecule has 1 fully saturated rings. The topological polar surface area (TPSA) is 87.2 Å². The first-order valence-corrected chi connectivity index (χ1v) is 9.80. The number of amides is 2. The number of ether oxygens (including phenoxy) is 2. The highest BCUT2D eigenvalue weighted by atomic mass is 16.7. The summed E-state index contributed by atoms with van der Waals surface area (Å²) in [5, 5.41) is 6.69. The van der Waals surface area contributed by atoms with E-state index in [4.69, 9.17) is 9.47 Å². The zero-order valence-electron chi connectivity index (χ0n) is 16.0. The number of hydrogen-bond acceptors (Lipinski definition) is 5. The number of rotatable bonds is 2. The molecular weight excluding hydrogens is 384 g/mol. The Kier molecular flexibility index (Phi) is 3.61. The highest BCUT2D eigenvalue weighted by Gasteiger charge is 2.43. The third-order valence-corrected chi connectivity index (χ3v) is 5.89. The van der Waals surface area contributed by atoms with Gasteiger partial charge in [0, 0.05) is 23.0 Å². The molecule has 150 valence electrons. The van der Waals surface area contributed by atoms with Crippen molar-refractivity contribution in [2.75, 3.05) is 13.3 Å². The van der Waals surface area contributed by atoms with Gasteiger partial charge in [0.05, 0.1) is 12.8 Å². The predicted molar refractivity (Wildman–Crippen MR) is 108 cm³/mol. The largest absolute Gasteiger partial charge is 0.454 e. The third-order valence-electron chi connectivity index (χ3n) is 5.89. The molecule has 6 rings (SSSR count). The lowest BCUT2D eigenvalue weighted by Gasteiger charge is -2.40. The fraction of sp³-hybridized carbons (Fsp3) is 0.227. The van der Waals surface area contributed by atoms with Crippen molar-refractivity contribution in [3.63, 3.8) is 0 Å². The second-order valence-corrected chi connectivity index (χ2v) is 7.62. The summed E-state index contributed by atoms with van der Waals surface area (Å²) in [6.07, 6.45) is 2.06. The van der Waals surface area contributed by atoms with E-state index in [-0.39, 0.29) is 25.2 Å². The van der Waals surface area contributed by atoms with Gasteiger partial charge in [-0.15, -0.1) is 0 Å². The molecule has 0 bridgehead atoms. The quantitative estimate of drug-likeness (QED) is 0.665. The van der Waals surface area contributed by atoms with Gasteiger partial charge in [-0.2, -0.15) is 5.10 Å². The van der Waals surface area contributed by atoms with Crippen LogP contribution in [0.4, 0.5) is 0 Å². The van der Waals surface area contributed by atoms with Gasteiger partial charge in [0.15, 0.2) is 11.5 Å². The molecule has 3 aromatic rings. The molecule has 0 radical (unpaired) electrons. The van der Waals surface area contributed by atoms with Gasteiger partial charge in [-0.05, 0) is 35.4 Å². The molecule has 4 heterocycles. The Bertz CT molecular complexity index is 1230. The van der Waals surface area contributed by atoms with Crippen LogP contribution in [0.15, 0.2) is 47.6 Å². The van der Waals surface area contributed by atoms with Crippen LogP contribution < -0.4 is 9.47 Å². The van der Waals surface area contributed by atoms with Crippen LogP contribution in [-0.4, -0.2) is 52.3 Å². The molecule has 2 amide bonds. The van der Waals surface area contributed by atoms with Crippen molar-refractivity contribution >= 4 is 28.9 Å². The summed E-state index contributed by atoms with van der Waals surface area (Å²) in [6.45, 7) is 0.549. The Morgan fingerprint density at radius 3 is 2.87 bits per heavy atom. The molecule has 3 aliphatic heterocycles. The van der Waals surface area contributed by atoms with E-state index in [0.717, 1.165) is 27.7 Å². The second kappa shape index (κ2) is 6.35. The smallest absolute Gasteiger partial charge is 0.266 e. The normalized spacial score (nSPS) is 20.2. The minimum absolute atomic E-state index is 0.0635. The number of hydrogen-bond donors (Lipinski definition) is 1. The highest BCUT2D eigenvalue weighted by Crippen LogP contribution is 2.33. The lowest BCUT2D eigenvalue weighted by molar-refractivity contribution is -0.157. The van der Waals surface area contributed by atoms with Gasteiger partial charge in [0.25, 0.3) is 5.91 Å². The van der Waals surface area contributed by atoms with E-state index in [1.165, 1.54) is 5.01 Å². The summed E-state index contributed by atoms with van der Waals surface area (Å²) < 4.78 is 10.7. The average molecular weight is 402 g/mol. The summed E-state index contributed by atoms with van der Waals surface area (Å²) in [7, 11) is 0. The molecule has 1 atom stereocenters. The molecule has 1 aromatic heterocycles.